The molecule has 0 saturated carbocycles. The van der Waals surface area contributed by atoms with Crippen LogP contribution in [0.25, 0.3) is 0 Å². The van der Waals surface area contributed by atoms with Crippen molar-refractivity contribution in [2.45, 2.75) is 13.3 Å². The van der Waals surface area contributed by atoms with Gasteiger partial charge in [0.15, 0.2) is 11.5 Å². The fourth-order valence-electron chi connectivity index (χ4n) is 3.67. The smallest absolute Gasteiger partial charge is 0.254 e. The van der Waals surface area contributed by atoms with Gasteiger partial charge in [0, 0.05) is 50.9 Å². The van der Waals surface area contributed by atoms with Gasteiger partial charge in [0.05, 0.1) is 6.20 Å². The first kappa shape index (κ1) is 18.3. The average molecular weight is 384 g/mol. The first-order valence-corrected chi connectivity index (χ1v) is 9.46. The van der Waals surface area contributed by atoms with Crippen LogP contribution >= 0.6 is 0 Å². The Morgan fingerprint density at radius 1 is 1.11 bits per heavy atom. The highest BCUT2D eigenvalue weighted by Crippen LogP contribution is 2.32. The predicted molar refractivity (Wildman–Crippen MR) is 101 cm³/mol. The number of carbonyl (C=O) groups excluding carboxylic acids is 2. The molecule has 8 nitrogen and oxygen atoms in total. The molecule has 2 aliphatic rings. The van der Waals surface area contributed by atoms with Crippen LogP contribution < -0.4 is 9.47 Å². The third kappa shape index (κ3) is 3.67. The van der Waals surface area contributed by atoms with Gasteiger partial charge in [0.2, 0.25) is 12.7 Å². The molecule has 1 fully saturated rings. The van der Waals surface area contributed by atoms with Crippen molar-refractivity contribution in [3.8, 4) is 11.5 Å². The number of nitrogens with zero attached hydrogens (tertiary/aromatic N) is 4. The van der Waals surface area contributed by atoms with Gasteiger partial charge in [0.25, 0.3) is 5.91 Å². The summed E-state index contributed by atoms with van der Waals surface area (Å²) in [6, 6.07) is 5.23. The number of hydrogen-bond acceptors (Lipinski definition) is 5. The molecule has 0 bridgehead atoms. The summed E-state index contributed by atoms with van der Waals surface area (Å²) in [7, 11) is 1.87. The van der Waals surface area contributed by atoms with Gasteiger partial charge in [-0.3, -0.25) is 14.3 Å². The number of carbonyl (C=O) groups is 2. The molecule has 1 aromatic carbocycles. The van der Waals surface area contributed by atoms with E-state index < -0.39 is 0 Å². The van der Waals surface area contributed by atoms with Crippen LogP contribution in [0, 0.1) is 5.92 Å². The largest absolute Gasteiger partial charge is 0.454 e. The fourth-order valence-corrected chi connectivity index (χ4v) is 3.67. The number of aryl methyl sites for hydroxylation is 1. The fraction of sp³-hybridized carbons (Fsp3) is 0.450. The lowest BCUT2D eigenvalue weighted by Gasteiger charge is -2.36. The van der Waals surface area contributed by atoms with Crippen molar-refractivity contribution in [2.24, 2.45) is 13.0 Å². The van der Waals surface area contributed by atoms with E-state index in [-0.39, 0.29) is 24.5 Å². The zero-order valence-electron chi connectivity index (χ0n) is 16.1. The molecule has 148 valence electrons. The van der Waals surface area contributed by atoms with Crippen molar-refractivity contribution in [3.63, 3.8) is 0 Å². The molecule has 28 heavy (non-hydrogen) atoms. The van der Waals surface area contributed by atoms with Gasteiger partial charge < -0.3 is 19.3 Å². The highest BCUT2D eigenvalue weighted by molar-refractivity contribution is 5.95. The van der Waals surface area contributed by atoms with Crippen LogP contribution in [0.1, 0.15) is 22.8 Å². The van der Waals surface area contributed by atoms with Gasteiger partial charge in [-0.2, -0.15) is 5.10 Å². The Kier molecular flexibility index (Phi) is 4.93. The minimum atomic E-state index is -0.111. The number of ether oxygens (including phenoxy) is 2. The summed E-state index contributed by atoms with van der Waals surface area (Å²) in [6.07, 6.45) is 4.40. The molecular weight excluding hydrogens is 360 g/mol. The number of piperazine rings is 1. The topological polar surface area (TPSA) is 76.9 Å². The van der Waals surface area contributed by atoms with Gasteiger partial charge >= 0.3 is 0 Å². The lowest BCUT2D eigenvalue weighted by Crippen LogP contribution is -2.51. The maximum absolute atomic E-state index is 12.8. The molecule has 2 aliphatic heterocycles. The van der Waals surface area contributed by atoms with E-state index in [1.165, 1.54) is 0 Å². The summed E-state index contributed by atoms with van der Waals surface area (Å²) in [5.41, 5.74) is 1.63. The Morgan fingerprint density at radius 3 is 2.54 bits per heavy atom. The van der Waals surface area contributed by atoms with Crippen LogP contribution in [0.2, 0.25) is 0 Å². The van der Waals surface area contributed by atoms with E-state index in [1.807, 2.05) is 25.1 Å². The van der Waals surface area contributed by atoms with E-state index >= 15 is 0 Å². The molecule has 1 saturated heterocycles. The van der Waals surface area contributed by atoms with Crippen LogP contribution in [0.15, 0.2) is 30.6 Å². The normalized spacial score (nSPS) is 16.9. The maximum atomic E-state index is 12.8. The van der Waals surface area contributed by atoms with E-state index in [9.17, 15) is 9.59 Å². The monoisotopic (exact) mass is 384 g/mol. The number of benzene rings is 1. The van der Waals surface area contributed by atoms with Gasteiger partial charge in [-0.1, -0.05) is 6.92 Å². The maximum Gasteiger partial charge on any atom is 0.254 e. The summed E-state index contributed by atoms with van der Waals surface area (Å²) in [5, 5.41) is 4.15. The second kappa shape index (κ2) is 7.53. The second-order valence-electron chi connectivity index (χ2n) is 7.31. The summed E-state index contributed by atoms with van der Waals surface area (Å²) in [4.78, 5) is 29.2. The quantitative estimate of drug-likeness (QED) is 0.794. The Bertz CT molecular complexity index is 886. The minimum absolute atomic E-state index is 0.0474. The van der Waals surface area contributed by atoms with Gasteiger partial charge in [0.1, 0.15) is 0 Å². The predicted octanol–water partition coefficient (Wildman–Crippen LogP) is 1.31. The van der Waals surface area contributed by atoms with E-state index in [0.717, 1.165) is 5.56 Å². The number of hydrogen-bond donors (Lipinski definition) is 0. The molecule has 8 heteroatoms. The molecule has 4 rings (SSSR count). The van der Waals surface area contributed by atoms with Crippen molar-refractivity contribution < 1.29 is 19.1 Å². The first-order chi connectivity index (χ1) is 13.5. The molecule has 0 aliphatic carbocycles. The second-order valence-corrected chi connectivity index (χ2v) is 7.31. The van der Waals surface area contributed by atoms with Gasteiger partial charge in [-0.25, -0.2) is 0 Å². The van der Waals surface area contributed by atoms with Gasteiger partial charge in [-0.05, 0) is 30.2 Å². The van der Waals surface area contributed by atoms with E-state index in [2.05, 4.69) is 5.10 Å². The summed E-state index contributed by atoms with van der Waals surface area (Å²) < 4.78 is 12.4. The third-order valence-electron chi connectivity index (χ3n) is 5.22. The van der Waals surface area contributed by atoms with Crippen LogP contribution in [0.5, 0.6) is 11.5 Å². The molecule has 3 heterocycles. The summed E-state index contributed by atoms with van der Waals surface area (Å²) in [6.45, 7) is 4.28. The van der Waals surface area contributed by atoms with Crippen LogP contribution in [0.3, 0.4) is 0 Å². The Morgan fingerprint density at radius 2 is 1.82 bits per heavy atom. The summed E-state index contributed by atoms with van der Waals surface area (Å²) in [5.74, 6) is 1.23. The molecule has 0 spiro atoms. The first-order valence-electron chi connectivity index (χ1n) is 9.46. The van der Waals surface area contributed by atoms with Crippen LogP contribution in [-0.4, -0.2) is 64.4 Å². The molecule has 1 atom stereocenters. The molecule has 1 aromatic heterocycles. The lowest BCUT2D eigenvalue weighted by atomic mass is 10.0. The van der Waals surface area contributed by atoms with E-state index in [4.69, 9.17) is 9.47 Å². The Labute approximate surface area is 163 Å². The van der Waals surface area contributed by atoms with E-state index in [1.54, 1.807) is 34.0 Å². The number of amides is 2. The van der Waals surface area contributed by atoms with Crippen molar-refractivity contribution >= 4 is 11.8 Å². The molecule has 2 aromatic rings. The highest BCUT2D eigenvalue weighted by Gasteiger charge is 2.28. The lowest BCUT2D eigenvalue weighted by molar-refractivity contribution is -0.136. The standard InChI is InChI=1S/C20H24N4O4/c1-14(9-15-11-21-22(2)12-15)19(25)23-5-7-24(8-6-23)20(26)16-3-4-17-18(10-16)28-13-27-17/h3-4,10-12,14H,5-9,13H2,1-2H3. The third-order valence-corrected chi connectivity index (χ3v) is 5.22. The molecule has 0 radical (unpaired) electrons. The van der Waals surface area contributed by atoms with Crippen molar-refractivity contribution in [3.05, 3.63) is 41.7 Å². The zero-order valence-corrected chi connectivity index (χ0v) is 16.1. The SMILES string of the molecule is CC(Cc1cnn(C)c1)C(=O)N1CCN(C(=O)c2ccc3c(c2)OCO3)CC1. The van der Waals surface area contributed by atoms with E-state index in [0.29, 0.717) is 49.7 Å². The average Bonchev–Trinajstić information content (AvgIpc) is 3.34. The van der Waals surface area contributed by atoms with Crippen molar-refractivity contribution in [1.29, 1.82) is 0 Å². The van der Waals surface area contributed by atoms with Gasteiger partial charge in [-0.15, -0.1) is 0 Å². The zero-order chi connectivity index (χ0) is 19.7. The molecule has 2 amide bonds. The summed E-state index contributed by atoms with van der Waals surface area (Å²) >= 11 is 0. The molecular formula is C20H24N4O4. The molecule has 0 N–H and O–H groups in total. The van der Waals surface area contributed by atoms with Crippen LogP contribution in [0.4, 0.5) is 0 Å². The van der Waals surface area contributed by atoms with Crippen molar-refractivity contribution in [1.82, 2.24) is 19.6 Å². The number of fused-ring (bicyclic) bond motifs is 1. The Balaban J connectivity index is 1.32. The van der Waals surface area contributed by atoms with Crippen molar-refractivity contribution in [2.75, 3.05) is 33.0 Å². The highest BCUT2D eigenvalue weighted by atomic mass is 16.7. The Hall–Kier alpha value is -3.03. The number of rotatable bonds is 4. The molecule has 1 unspecified atom stereocenters. The van der Waals surface area contributed by atoms with Crippen LogP contribution in [-0.2, 0) is 18.3 Å². The number of aromatic nitrogens is 2. The minimum Gasteiger partial charge on any atom is -0.454 e.